The summed E-state index contributed by atoms with van der Waals surface area (Å²) >= 11 is 0. The van der Waals surface area contributed by atoms with E-state index in [2.05, 4.69) is 9.89 Å². The summed E-state index contributed by atoms with van der Waals surface area (Å²) in [7, 11) is 0. The lowest BCUT2D eigenvalue weighted by Crippen LogP contribution is -2.54. The fourth-order valence-corrected chi connectivity index (χ4v) is 3.96. The minimum absolute atomic E-state index is 0.101. The van der Waals surface area contributed by atoms with E-state index in [0.717, 1.165) is 0 Å². The summed E-state index contributed by atoms with van der Waals surface area (Å²) in [6, 6.07) is 5.70. The lowest BCUT2D eigenvalue weighted by molar-refractivity contribution is -0.150. The van der Waals surface area contributed by atoms with E-state index in [0.29, 0.717) is 50.5 Å². The molecule has 1 aromatic rings. The summed E-state index contributed by atoms with van der Waals surface area (Å²) in [6.07, 6.45) is -1.28. The van der Waals surface area contributed by atoms with Gasteiger partial charge in [0.1, 0.15) is 18.0 Å². The number of carbonyl (C=O) groups is 4. The molecule has 4 N–H and O–H groups in total. The molecule has 1 aromatic carbocycles. The summed E-state index contributed by atoms with van der Waals surface area (Å²) in [5.41, 5.74) is 6.97. The number of aliphatic carboxylic acids is 2. The Morgan fingerprint density at radius 2 is 1.79 bits per heavy atom. The summed E-state index contributed by atoms with van der Waals surface area (Å²) in [5, 5.41) is 18.3. The number of rotatable bonds is 8. The highest BCUT2D eigenvalue weighted by atomic mass is 16.6. The molecule has 3 rings (SSSR count). The number of piperazine rings is 1. The van der Waals surface area contributed by atoms with Gasteiger partial charge < -0.3 is 20.7 Å². The van der Waals surface area contributed by atoms with Gasteiger partial charge in [0.15, 0.2) is 0 Å². The van der Waals surface area contributed by atoms with Gasteiger partial charge in [0, 0.05) is 50.9 Å². The largest absolute Gasteiger partial charge is 0.481 e. The first-order valence-corrected chi connectivity index (χ1v) is 10.5. The second-order valence-corrected chi connectivity index (χ2v) is 7.97. The van der Waals surface area contributed by atoms with E-state index in [1.54, 1.807) is 29.2 Å². The summed E-state index contributed by atoms with van der Waals surface area (Å²) < 4.78 is 5.49. The lowest BCUT2D eigenvalue weighted by Gasteiger charge is -2.37. The van der Waals surface area contributed by atoms with Gasteiger partial charge in [-0.2, -0.15) is 4.99 Å². The second kappa shape index (κ2) is 10.4. The second-order valence-electron chi connectivity index (χ2n) is 7.97. The molecule has 0 radical (unpaired) electrons. The number of amidine groups is 1. The quantitative estimate of drug-likeness (QED) is 0.349. The van der Waals surface area contributed by atoms with Gasteiger partial charge in [0.2, 0.25) is 5.91 Å². The minimum Gasteiger partial charge on any atom is -0.481 e. The number of ether oxygens (including phenoxy) is 1. The molecule has 2 atom stereocenters. The van der Waals surface area contributed by atoms with Crippen molar-refractivity contribution in [1.82, 2.24) is 9.80 Å². The topological polar surface area (TPSA) is 166 Å². The van der Waals surface area contributed by atoms with Crippen LogP contribution in [0.3, 0.4) is 0 Å². The predicted octanol–water partition coefficient (Wildman–Crippen LogP) is -0.191. The smallest absolute Gasteiger partial charge is 0.414 e. The number of aliphatic imine (C=N–C) groups is 1. The van der Waals surface area contributed by atoms with E-state index in [1.807, 2.05) is 0 Å². The highest BCUT2D eigenvalue weighted by Crippen LogP contribution is 2.23. The Morgan fingerprint density at radius 3 is 2.33 bits per heavy atom. The van der Waals surface area contributed by atoms with E-state index in [9.17, 15) is 24.3 Å². The van der Waals surface area contributed by atoms with Gasteiger partial charge in [0.05, 0.1) is 13.0 Å². The number of anilines is 1. The Labute approximate surface area is 190 Å². The monoisotopic (exact) mass is 461 g/mol. The van der Waals surface area contributed by atoms with Crippen molar-refractivity contribution in [1.29, 1.82) is 0 Å². The molecule has 2 amide bonds. The van der Waals surface area contributed by atoms with Crippen LogP contribution in [-0.4, -0.2) is 101 Å². The number of nitrogens with two attached hydrogens (primary N) is 1. The first-order valence-electron chi connectivity index (χ1n) is 10.5. The van der Waals surface area contributed by atoms with Crippen molar-refractivity contribution < 1.29 is 34.1 Å². The maximum atomic E-state index is 12.4. The average molecular weight is 461 g/mol. The van der Waals surface area contributed by atoms with Crippen molar-refractivity contribution in [2.75, 3.05) is 44.2 Å². The molecule has 2 unspecified atom stereocenters. The van der Waals surface area contributed by atoms with Crippen LogP contribution in [0.25, 0.3) is 0 Å². The van der Waals surface area contributed by atoms with Crippen molar-refractivity contribution in [2.45, 2.75) is 25.5 Å². The number of hydrogen-bond acceptors (Lipinski definition) is 7. The third-order valence-electron chi connectivity index (χ3n) is 5.59. The first-order chi connectivity index (χ1) is 15.6. The fourth-order valence-electron chi connectivity index (χ4n) is 3.96. The molecule has 178 valence electrons. The number of carbonyl (C=O) groups excluding carboxylic acids is 2. The van der Waals surface area contributed by atoms with Crippen LogP contribution in [0.4, 0.5) is 10.5 Å². The average Bonchev–Trinajstić information content (AvgIpc) is 3.12. The van der Waals surface area contributed by atoms with Crippen molar-refractivity contribution in [3.63, 3.8) is 0 Å². The molecule has 0 saturated carbocycles. The molecule has 2 heterocycles. The Hall–Kier alpha value is -3.51. The highest BCUT2D eigenvalue weighted by Gasteiger charge is 2.35. The summed E-state index contributed by atoms with van der Waals surface area (Å²) in [4.78, 5) is 54.7. The zero-order valence-electron chi connectivity index (χ0n) is 18.2. The highest BCUT2D eigenvalue weighted by molar-refractivity contribution is 6.04. The van der Waals surface area contributed by atoms with Crippen LogP contribution in [0.2, 0.25) is 0 Å². The maximum Gasteiger partial charge on any atom is 0.414 e. The van der Waals surface area contributed by atoms with Gasteiger partial charge in [-0.1, -0.05) is 0 Å². The molecule has 33 heavy (non-hydrogen) atoms. The first kappa shape index (κ1) is 24.1. The predicted molar refractivity (Wildman–Crippen MR) is 117 cm³/mol. The van der Waals surface area contributed by atoms with Gasteiger partial charge in [0.25, 0.3) is 0 Å². The number of carboxylic acids is 2. The molecule has 0 bridgehead atoms. The van der Waals surface area contributed by atoms with Gasteiger partial charge >= 0.3 is 18.0 Å². The third-order valence-corrected chi connectivity index (χ3v) is 5.59. The number of hydrogen-bond donors (Lipinski definition) is 3. The summed E-state index contributed by atoms with van der Waals surface area (Å²) in [6.45, 7) is 4.07. The molecular weight excluding hydrogens is 434 g/mol. The van der Waals surface area contributed by atoms with E-state index < -0.39 is 36.4 Å². The molecule has 2 saturated heterocycles. The number of benzene rings is 1. The standard InChI is InChI=1S/C21H27N5O7/c1-13(27)23-19(22)14-2-4-15(5-3-14)26-12-16(33-21(26)32)11-24-6-8-25(9-7-24)17(20(30)31)10-18(28)29/h2-5,16-17H,6-12H2,1H3,(H,28,29)(H,30,31)(H2,22,23,27). The molecule has 12 heteroatoms. The number of carboxylic acid groups (broad SMARTS) is 2. The van der Waals surface area contributed by atoms with Crippen LogP contribution in [0.1, 0.15) is 18.9 Å². The minimum atomic E-state index is -1.15. The Balaban J connectivity index is 1.54. The molecule has 0 aromatic heterocycles. The van der Waals surface area contributed by atoms with E-state index in [4.69, 9.17) is 15.6 Å². The lowest BCUT2D eigenvalue weighted by atomic mass is 10.1. The SMILES string of the molecule is CC(=O)N=C(N)c1ccc(N2CC(CN3CCN(C(CC(=O)O)C(=O)O)CC3)OC2=O)cc1. The maximum absolute atomic E-state index is 12.4. The van der Waals surface area contributed by atoms with Crippen LogP contribution in [-0.2, 0) is 19.1 Å². The Bertz CT molecular complexity index is 941. The van der Waals surface area contributed by atoms with E-state index >= 15 is 0 Å². The number of cyclic esters (lactones) is 1. The van der Waals surface area contributed by atoms with E-state index in [1.165, 1.54) is 11.8 Å². The number of nitrogens with zero attached hydrogens (tertiary/aromatic N) is 4. The normalized spacial score (nSPS) is 21.0. The Kier molecular flexibility index (Phi) is 7.61. The van der Waals surface area contributed by atoms with Crippen molar-refractivity contribution >= 4 is 35.5 Å². The molecule has 12 nitrogen and oxygen atoms in total. The molecule has 0 aliphatic carbocycles. The molecule has 2 fully saturated rings. The van der Waals surface area contributed by atoms with Crippen LogP contribution >= 0.6 is 0 Å². The van der Waals surface area contributed by atoms with Gasteiger partial charge in [-0.3, -0.25) is 29.1 Å². The zero-order valence-corrected chi connectivity index (χ0v) is 18.2. The fraction of sp³-hybridized carbons (Fsp3) is 0.476. The van der Waals surface area contributed by atoms with Crippen molar-refractivity contribution in [3.05, 3.63) is 29.8 Å². The molecular formula is C21H27N5O7. The third kappa shape index (κ3) is 6.26. The van der Waals surface area contributed by atoms with Crippen molar-refractivity contribution in [3.8, 4) is 0 Å². The van der Waals surface area contributed by atoms with Crippen LogP contribution in [0.5, 0.6) is 0 Å². The van der Waals surface area contributed by atoms with Crippen LogP contribution in [0.15, 0.2) is 29.3 Å². The van der Waals surface area contributed by atoms with E-state index in [-0.39, 0.29) is 11.9 Å². The molecule has 0 spiro atoms. The van der Waals surface area contributed by atoms with Crippen LogP contribution in [0, 0.1) is 0 Å². The van der Waals surface area contributed by atoms with Gasteiger partial charge in [-0.15, -0.1) is 0 Å². The number of amides is 2. The molecule has 2 aliphatic heterocycles. The zero-order chi connectivity index (χ0) is 24.1. The van der Waals surface area contributed by atoms with Crippen LogP contribution < -0.4 is 10.6 Å². The van der Waals surface area contributed by atoms with Gasteiger partial charge in [-0.05, 0) is 24.3 Å². The Morgan fingerprint density at radius 1 is 1.15 bits per heavy atom. The van der Waals surface area contributed by atoms with Crippen molar-refractivity contribution in [2.24, 2.45) is 10.7 Å². The van der Waals surface area contributed by atoms with Gasteiger partial charge in [-0.25, -0.2) is 4.79 Å². The summed E-state index contributed by atoms with van der Waals surface area (Å²) in [5.74, 6) is -2.59. The molecule has 2 aliphatic rings.